The Kier molecular flexibility index (Phi) is 4.00. The Balaban J connectivity index is 2.63. The second kappa shape index (κ2) is 4.81. The second-order valence-corrected chi connectivity index (χ2v) is 4.14. The lowest BCUT2D eigenvalue weighted by molar-refractivity contribution is -0.0146. The third kappa shape index (κ3) is 3.10. The summed E-state index contributed by atoms with van der Waals surface area (Å²) in [4.78, 5) is 10.0. The zero-order valence-corrected chi connectivity index (χ0v) is 9.22. The SMILES string of the molecule is CON(C)Sc1cncc(Br)c1. The molecule has 66 valence electrons. The van der Waals surface area contributed by atoms with Crippen molar-refractivity contribution >= 4 is 27.9 Å². The van der Waals surface area contributed by atoms with Crippen LogP contribution >= 0.6 is 27.9 Å². The molecule has 0 aliphatic heterocycles. The van der Waals surface area contributed by atoms with E-state index in [1.165, 1.54) is 11.9 Å². The molecule has 0 radical (unpaired) electrons. The van der Waals surface area contributed by atoms with Gasteiger partial charge < -0.3 is 0 Å². The molecule has 0 aliphatic rings. The van der Waals surface area contributed by atoms with E-state index in [0.717, 1.165) is 9.37 Å². The van der Waals surface area contributed by atoms with Crippen LogP contribution in [0.3, 0.4) is 0 Å². The largest absolute Gasteiger partial charge is 0.292 e. The van der Waals surface area contributed by atoms with Gasteiger partial charge in [-0.1, -0.05) is 0 Å². The average Bonchev–Trinajstić information content (AvgIpc) is 2.04. The van der Waals surface area contributed by atoms with Crippen LogP contribution in [0.5, 0.6) is 0 Å². The van der Waals surface area contributed by atoms with Gasteiger partial charge in [0.05, 0.1) is 7.11 Å². The summed E-state index contributed by atoms with van der Waals surface area (Å²) in [7, 11) is 3.46. The Labute approximate surface area is 84.3 Å². The highest BCUT2D eigenvalue weighted by molar-refractivity contribution is 9.10. The van der Waals surface area contributed by atoms with Crippen LogP contribution in [0.25, 0.3) is 0 Å². The molecular weight excluding hydrogens is 240 g/mol. The molecular formula is C7H9BrN2OS. The van der Waals surface area contributed by atoms with Crippen LogP contribution in [0.15, 0.2) is 27.8 Å². The van der Waals surface area contributed by atoms with Gasteiger partial charge in [-0.15, -0.1) is 4.47 Å². The van der Waals surface area contributed by atoms with Gasteiger partial charge in [-0.25, -0.2) is 0 Å². The molecule has 1 rings (SSSR count). The van der Waals surface area contributed by atoms with Crippen LogP contribution in [0, 0.1) is 0 Å². The summed E-state index contributed by atoms with van der Waals surface area (Å²) in [6, 6.07) is 1.98. The number of halogens is 1. The van der Waals surface area contributed by atoms with Crippen molar-refractivity contribution in [1.29, 1.82) is 0 Å². The van der Waals surface area contributed by atoms with E-state index in [1.54, 1.807) is 24.0 Å². The van der Waals surface area contributed by atoms with E-state index in [-0.39, 0.29) is 0 Å². The van der Waals surface area contributed by atoms with Crippen LogP contribution in [-0.4, -0.2) is 23.6 Å². The Morgan fingerprint density at radius 3 is 2.92 bits per heavy atom. The fourth-order valence-electron chi connectivity index (χ4n) is 0.628. The summed E-state index contributed by atoms with van der Waals surface area (Å²) >= 11 is 4.82. The maximum absolute atomic E-state index is 4.95. The van der Waals surface area contributed by atoms with Crippen molar-refractivity contribution in [2.24, 2.45) is 0 Å². The average molecular weight is 249 g/mol. The van der Waals surface area contributed by atoms with E-state index in [1.807, 2.05) is 13.1 Å². The Morgan fingerprint density at radius 1 is 1.58 bits per heavy atom. The summed E-state index contributed by atoms with van der Waals surface area (Å²) in [6.45, 7) is 0. The normalized spacial score (nSPS) is 10.7. The predicted molar refractivity (Wildman–Crippen MR) is 52.6 cm³/mol. The van der Waals surface area contributed by atoms with E-state index < -0.39 is 0 Å². The standard InChI is InChI=1S/C7H9BrN2OS/c1-10(11-2)12-7-3-6(8)4-9-5-7/h3-5H,1-2H3. The predicted octanol–water partition coefficient (Wildman–Crippen LogP) is 2.34. The lowest BCUT2D eigenvalue weighted by Gasteiger charge is -2.10. The minimum absolute atomic E-state index is 0.969. The van der Waals surface area contributed by atoms with Crippen LogP contribution in [0.4, 0.5) is 0 Å². The third-order valence-corrected chi connectivity index (χ3v) is 2.44. The van der Waals surface area contributed by atoms with E-state index in [9.17, 15) is 0 Å². The minimum atomic E-state index is 0.969. The van der Waals surface area contributed by atoms with Crippen molar-refractivity contribution in [2.45, 2.75) is 4.90 Å². The van der Waals surface area contributed by atoms with Crippen molar-refractivity contribution in [1.82, 2.24) is 9.45 Å². The van der Waals surface area contributed by atoms with E-state index in [2.05, 4.69) is 20.9 Å². The van der Waals surface area contributed by atoms with Gasteiger partial charge >= 0.3 is 0 Å². The van der Waals surface area contributed by atoms with E-state index in [0.29, 0.717) is 0 Å². The number of aromatic nitrogens is 1. The van der Waals surface area contributed by atoms with Gasteiger partial charge in [-0.3, -0.25) is 9.82 Å². The first-order valence-electron chi connectivity index (χ1n) is 3.28. The Morgan fingerprint density at radius 2 is 2.33 bits per heavy atom. The monoisotopic (exact) mass is 248 g/mol. The molecule has 0 bridgehead atoms. The highest BCUT2D eigenvalue weighted by Crippen LogP contribution is 2.22. The summed E-state index contributed by atoms with van der Waals surface area (Å²) < 4.78 is 2.63. The smallest absolute Gasteiger partial charge is 0.0586 e. The van der Waals surface area contributed by atoms with Gasteiger partial charge in [0, 0.05) is 28.8 Å². The zero-order chi connectivity index (χ0) is 8.97. The fourth-order valence-corrected chi connectivity index (χ4v) is 1.80. The maximum atomic E-state index is 4.95. The quantitative estimate of drug-likeness (QED) is 0.606. The maximum Gasteiger partial charge on any atom is 0.0586 e. The molecule has 3 nitrogen and oxygen atoms in total. The lowest BCUT2D eigenvalue weighted by Crippen LogP contribution is -2.05. The first-order chi connectivity index (χ1) is 5.72. The molecule has 1 heterocycles. The fraction of sp³-hybridized carbons (Fsp3) is 0.286. The summed E-state index contributed by atoms with van der Waals surface area (Å²) in [5, 5.41) is 0. The van der Waals surface area contributed by atoms with Crippen LogP contribution in [0.2, 0.25) is 0 Å². The topological polar surface area (TPSA) is 25.4 Å². The molecule has 0 saturated carbocycles. The molecule has 0 amide bonds. The van der Waals surface area contributed by atoms with Gasteiger partial charge in [-0.2, -0.15) is 0 Å². The Bertz CT molecular complexity index is 259. The molecule has 0 fully saturated rings. The third-order valence-electron chi connectivity index (χ3n) is 1.17. The van der Waals surface area contributed by atoms with Crippen molar-refractivity contribution < 1.29 is 4.84 Å². The molecule has 0 unspecified atom stereocenters. The number of nitrogens with zero attached hydrogens (tertiary/aromatic N) is 2. The molecule has 12 heavy (non-hydrogen) atoms. The van der Waals surface area contributed by atoms with Crippen LogP contribution in [0.1, 0.15) is 0 Å². The molecule has 0 spiro atoms. The first kappa shape index (κ1) is 9.98. The van der Waals surface area contributed by atoms with Gasteiger partial charge in [0.1, 0.15) is 0 Å². The molecule has 1 aromatic rings. The molecule has 0 aliphatic carbocycles. The van der Waals surface area contributed by atoms with E-state index >= 15 is 0 Å². The highest BCUT2D eigenvalue weighted by atomic mass is 79.9. The lowest BCUT2D eigenvalue weighted by atomic mass is 10.5. The summed E-state index contributed by atoms with van der Waals surface area (Å²) in [5.41, 5.74) is 0. The number of hydrogen-bond acceptors (Lipinski definition) is 4. The molecule has 0 aromatic carbocycles. The molecule has 1 aromatic heterocycles. The van der Waals surface area contributed by atoms with Gasteiger partial charge in [0.2, 0.25) is 0 Å². The van der Waals surface area contributed by atoms with Crippen molar-refractivity contribution in [3.8, 4) is 0 Å². The Hall–Kier alpha value is -0.100. The van der Waals surface area contributed by atoms with Crippen LogP contribution < -0.4 is 0 Å². The number of hydroxylamine groups is 1. The van der Waals surface area contributed by atoms with Crippen LogP contribution in [-0.2, 0) is 4.84 Å². The first-order valence-corrected chi connectivity index (χ1v) is 4.85. The summed E-state index contributed by atoms with van der Waals surface area (Å²) in [6.07, 6.45) is 3.53. The van der Waals surface area contributed by atoms with Gasteiger partial charge in [0.15, 0.2) is 0 Å². The molecule has 0 saturated heterocycles. The number of pyridine rings is 1. The summed E-state index contributed by atoms with van der Waals surface area (Å²) in [5.74, 6) is 0. The van der Waals surface area contributed by atoms with Crippen molar-refractivity contribution in [3.05, 3.63) is 22.9 Å². The van der Waals surface area contributed by atoms with E-state index in [4.69, 9.17) is 4.84 Å². The highest BCUT2D eigenvalue weighted by Gasteiger charge is 1.99. The van der Waals surface area contributed by atoms with Crippen molar-refractivity contribution in [2.75, 3.05) is 14.2 Å². The number of rotatable bonds is 3. The zero-order valence-electron chi connectivity index (χ0n) is 6.82. The van der Waals surface area contributed by atoms with Crippen molar-refractivity contribution in [3.63, 3.8) is 0 Å². The number of hydrogen-bond donors (Lipinski definition) is 0. The molecule has 0 N–H and O–H groups in total. The van der Waals surface area contributed by atoms with Gasteiger partial charge in [0.25, 0.3) is 0 Å². The molecule has 5 heteroatoms. The molecule has 0 atom stereocenters. The minimum Gasteiger partial charge on any atom is -0.292 e. The second-order valence-electron chi connectivity index (χ2n) is 2.05. The van der Waals surface area contributed by atoms with Gasteiger partial charge in [-0.05, 0) is 33.9 Å².